The first-order valence-electron chi connectivity index (χ1n) is 18.7. The summed E-state index contributed by atoms with van der Waals surface area (Å²) in [4.78, 5) is 0. The summed E-state index contributed by atoms with van der Waals surface area (Å²) in [6, 6.07) is 0. The zero-order chi connectivity index (χ0) is 29.7. The number of aliphatic hydroxyl groups is 2. The Hall–Kier alpha value is -0.600. The lowest BCUT2D eigenvalue weighted by atomic mass is 9.47. The molecule has 236 valence electrons. The maximum absolute atomic E-state index is 10.5. The summed E-state index contributed by atoms with van der Waals surface area (Å²) in [5.74, 6) is 6.83. The van der Waals surface area contributed by atoms with Crippen LogP contribution in [0.15, 0.2) is 23.3 Å². The minimum atomic E-state index is -0.0342. The molecule has 6 unspecified atom stereocenters. The second-order valence-corrected chi connectivity index (χ2v) is 18.5. The van der Waals surface area contributed by atoms with Crippen LogP contribution in [0, 0.1) is 69.0 Å². The van der Waals surface area contributed by atoms with E-state index in [1.807, 2.05) is 0 Å². The molecule has 0 aromatic heterocycles. The van der Waals surface area contributed by atoms with Gasteiger partial charge in [-0.1, -0.05) is 64.8 Å². The van der Waals surface area contributed by atoms with Crippen LogP contribution in [0.5, 0.6) is 0 Å². The average molecular weight is 577 g/mol. The first-order valence-corrected chi connectivity index (χ1v) is 18.7. The van der Waals surface area contributed by atoms with Crippen molar-refractivity contribution >= 4 is 0 Å². The molecule has 2 N–H and O–H groups in total. The number of fused-ring (bicyclic) bond motifs is 10. The second-order valence-electron chi connectivity index (χ2n) is 18.5. The van der Waals surface area contributed by atoms with E-state index in [0.29, 0.717) is 10.8 Å². The first kappa shape index (κ1) is 30.1. The van der Waals surface area contributed by atoms with Crippen molar-refractivity contribution in [3.8, 4) is 0 Å². The van der Waals surface area contributed by atoms with Gasteiger partial charge in [0, 0.05) is 0 Å². The third kappa shape index (κ3) is 4.36. The van der Waals surface area contributed by atoms with Crippen LogP contribution in [0.3, 0.4) is 0 Å². The summed E-state index contributed by atoms with van der Waals surface area (Å²) >= 11 is 0. The lowest BCUT2D eigenvalue weighted by Gasteiger charge is -2.57. The fraction of sp³-hybridized carbons (Fsp3) is 0.900. The van der Waals surface area contributed by atoms with Crippen molar-refractivity contribution in [1.29, 1.82) is 0 Å². The Labute approximate surface area is 258 Å². The number of rotatable bonds is 0. The van der Waals surface area contributed by atoms with Crippen LogP contribution < -0.4 is 0 Å². The molecule has 14 atom stereocenters. The van der Waals surface area contributed by atoms with E-state index in [1.54, 1.807) is 11.1 Å². The molecule has 0 amide bonds. The number of hydrogen-bond donors (Lipinski definition) is 2. The van der Waals surface area contributed by atoms with Crippen molar-refractivity contribution in [3.05, 3.63) is 23.3 Å². The first-order chi connectivity index (χ1) is 19.9. The molecular formula is C40H64O2. The predicted octanol–water partition coefficient (Wildman–Crippen LogP) is 9.89. The Kier molecular flexibility index (Phi) is 7.50. The van der Waals surface area contributed by atoms with Crippen LogP contribution >= 0.6 is 0 Å². The quantitative estimate of drug-likeness (QED) is 0.282. The highest BCUT2D eigenvalue weighted by Gasteiger charge is 2.59. The lowest BCUT2D eigenvalue weighted by molar-refractivity contribution is -0.0677. The van der Waals surface area contributed by atoms with E-state index in [1.165, 1.54) is 89.9 Å². The van der Waals surface area contributed by atoms with E-state index < -0.39 is 0 Å². The molecule has 8 aliphatic rings. The van der Waals surface area contributed by atoms with Crippen molar-refractivity contribution in [3.63, 3.8) is 0 Å². The van der Waals surface area contributed by atoms with Crippen LogP contribution in [-0.4, -0.2) is 22.4 Å². The van der Waals surface area contributed by atoms with Gasteiger partial charge in [0.1, 0.15) is 0 Å². The molecule has 2 heteroatoms. The molecule has 0 saturated heterocycles. The largest absolute Gasteiger partial charge is 0.393 e. The van der Waals surface area contributed by atoms with Crippen molar-refractivity contribution in [2.24, 2.45) is 69.0 Å². The summed E-state index contributed by atoms with van der Waals surface area (Å²) < 4.78 is 0. The molecule has 0 aliphatic heterocycles. The van der Waals surface area contributed by atoms with E-state index in [4.69, 9.17) is 0 Å². The van der Waals surface area contributed by atoms with Gasteiger partial charge in [-0.25, -0.2) is 0 Å². The SMILES string of the molecule is C[C@H]1CC[C@@]2(C)C(=CCC3C2CC[C@@]2(C)C3CC[C@@H]2O)C1.C[C@H]1CC[C@@]2(C)C(=CCC3C2CC[C@@]2(C)C3CC[C@H]2O)C1. The summed E-state index contributed by atoms with van der Waals surface area (Å²) in [6.07, 6.45) is 26.0. The van der Waals surface area contributed by atoms with Gasteiger partial charge in [0.05, 0.1) is 12.2 Å². The van der Waals surface area contributed by atoms with Crippen molar-refractivity contribution in [1.82, 2.24) is 0 Å². The summed E-state index contributed by atoms with van der Waals surface area (Å²) in [7, 11) is 0. The fourth-order valence-corrected chi connectivity index (χ4v) is 13.6. The van der Waals surface area contributed by atoms with Crippen molar-refractivity contribution in [2.45, 2.75) is 156 Å². The topological polar surface area (TPSA) is 40.5 Å². The monoisotopic (exact) mass is 576 g/mol. The third-order valence-corrected chi connectivity index (χ3v) is 16.6. The highest BCUT2D eigenvalue weighted by atomic mass is 16.3. The van der Waals surface area contributed by atoms with Crippen LogP contribution in [-0.2, 0) is 0 Å². The molecule has 8 rings (SSSR count). The molecule has 6 fully saturated rings. The van der Waals surface area contributed by atoms with E-state index in [-0.39, 0.29) is 23.0 Å². The van der Waals surface area contributed by atoms with Crippen LogP contribution in [0.1, 0.15) is 144 Å². The highest BCUT2D eigenvalue weighted by Crippen LogP contribution is 2.66. The minimum absolute atomic E-state index is 0.0342. The number of aliphatic hydroxyl groups excluding tert-OH is 2. The van der Waals surface area contributed by atoms with Crippen LogP contribution in [0.25, 0.3) is 0 Å². The van der Waals surface area contributed by atoms with Crippen LogP contribution in [0.2, 0.25) is 0 Å². The van der Waals surface area contributed by atoms with Gasteiger partial charge < -0.3 is 10.2 Å². The Morgan fingerprint density at radius 2 is 0.929 bits per heavy atom. The van der Waals surface area contributed by atoms with Gasteiger partial charge in [0.25, 0.3) is 0 Å². The number of hydrogen-bond acceptors (Lipinski definition) is 2. The second kappa shape index (κ2) is 10.5. The highest BCUT2D eigenvalue weighted by molar-refractivity contribution is 5.26. The Morgan fingerprint density at radius 1 is 0.524 bits per heavy atom. The molecule has 0 aromatic carbocycles. The Balaban J connectivity index is 0.000000137. The smallest absolute Gasteiger partial charge is 0.0596 e. The molecule has 0 heterocycles. The molecule has 42 heavy (non-hydrogen) atoms. The van der Waals surface area contributed by atoms with Gasteiger partial charge in [0.15, 0.2) is 0 Å². The van der Waals surface area contributed by atoms with Gasteiger partial charge >= 0.3 is 0 Å². The molecule has 0 radical (unpaired) electrons. The molecule has 0 spiro atoms. The van der Waals surface area contributed by atoms with Gasteiger partial charge in [-0.3, -0.25) is 0 Å². The fourth-order valence-electron chi connectivity index (χ4n) is 13.6. The van der Waals surface area contributed by atoms with E-state index in [0.717, 1.165) is 60.2 Å². The minimum Gasteiger partial charge on any atom is -0.393 e. The summed E-state index contributed by atoms with van der Waals surface area (Å²) in [6.45, 7) is 14.8. The molecule has 6 saturated carbocycles. The van der Waals surface area contributed by atoms with Crippen molar-refractivity contribution in [2.75, 3.05) is 0 Å². The van der Waals surface area contributed by atoms with Gasteiger partial charge in [-0.05, 0) is 172 Å². The van der Waals surface area contributed by atoms with E-state index in [2.05, 4.69) is 53.7 Å². The molecule has 0 bridgehead atoms. The molecule has 0 aromatic rings. The molecule has 8 aliphatic carbocycles. The summed E-state index contributed by atoms with van der Waals surface area (Å²) in [5, 5.41) is 21.0. The van der Waals surface area contributed by atoms with E-state index >= 15 is 0 Å². The number of allylic oxidation sites excluding steroid dienone is 4. The average Bonchev–Trinajstić information content (AvgIpc) is 3.44. The maximum atomic E-state index is 10.5. The van der Waals surface area contributed by atoms with E-state index in [9.17, 15) is 10.2 Å². The lowest BCUT2D eigenvalue weighted by Crippen LogP contribution is -2.50. The van der Waals surface area contributed by atoms with Crippen molar-refractivity contribution < 1.29 is 10.2 Å². The van der Waals surface area contributed by atoms with Gasteiger partial charge in [-0.15, -0.1) is 0 Å². The Morgan fingerprint density at radius 3 is 1.33 bits per heavy atom. The van der Waals surface area contributed by atoms with Gasteiger partial charge in [-0.2, -0.15) is 0 Å². The van der Waals surface area contributed by atoms with Gasteiger partial charge in [0.2, 0.25) is 0 Å². The third-order valence-electron chi connectivity index (χ3n) is 16.6. The maximum Gasteiger partial charge on any atom is 0.0596 e. The van der Waals surface area contributed by atoms with Crippen LogP contribution in [0.4, 0.5) is 0 Å². The standard InChI is InChI=1S/2C20H32O/c2*1-13-8-10-19(2)14(12-13)4-5-15-16-6-7-18(21)20(16,3)11-9-17(15)19/h2*4,13,15-18,21H,5-12H2,1-3H3/t13-,15?,16?,17?,18+,19-,20-;13-,15?,16?,17?,18-,19-,20-/m00/s1. The normalized spacial score (nSPS) is 56.2. The molecule has 2 nitrogen and oxygen atoms in total. The zero-order valence-corrected chi connectivity index (χ0v) is 28.1. The zero-order valence-electron chi connectivity index (χ0n) is 28.1. The predicted molar refractivity (Wildman–Crippen MR) is 174 cm³/mol. The summed E-state index contributed by atoms with van der Waals surface area (Å²) in [5.41, 5.74) is 5.03. The molecular weight excluding hydrogens is 512 g/mol. The Bertz CT molecular complexity index is 1020.